The molecule has 0 saturated carbocycles. The number of hydrogen-bond donors (Lipinski definition) is 2. The molecule has 0 fully saturated rings. The summed E-state index contributed by atoms with van der Waals surface area (Å²) in [6.07, 6.45) is 0. The molecule has 3 nitrogen and oxygen atoms in total. The molecule has 106 valence electrons. The topological polar surface area (TPSA) is 41.5 Å². The third kappa shape index (κ3) is 3.27. The quantitative estimate of drug-likeness (QED) is 0.879. The Labute approximate surface area is 118 Å². The van der Waals surface area contributed by atoms with Gasteiger partial charge in [-0.25, -0.2) is 4.39 Å². The molecule has 1 atom stereocenters. The molecule has 2 aromatic carbocycles. The molecule has 0 radical (unpaired) electrons. The van der Waals surface area contributed by atoms with Crippen molar-refractivity contribution in [2.75, 3.05) is 7.11 Å². The van der Waals surface area contributed by atoms with E-state index in [1.807, 2.05) is 25.1 Å². The lowest BCUT2D eigenvalue weighted by Gasteiger charge is -2.15. The van der Waals surface area contributed by atoms with Gasteiger partial charge in [-0.15, -0.1) is 0 Å². The predicted molar refractivity (Wildman–Crippen MR) is 76.3 cm³/mol. The van der Waals surface area contributed by atoms with Crippen LogP contribution >= 0.6 is 0 Å². The fraction of sp³-hybridized carbons (Fsp3) is 0.250. The Balaban J connectivity index is 2.05. The number of ether oxygens (including phenoxy) is 1. The van der Waals surface area contributed by atoms with Crippen molar-refractivity contribution in [2.45, 2.75) is 19.5 Å². The van der Waals surface area contributed by atoms with Gasteiger partial charge in [0.2, 0.25) is 0 Å². The molecule has 2 rings (SSSR count). The first-order chi connectivity index (χ1) is 9.61. The molecule has 2 N–H and O–H groups in total. The van der Waals surface area contributed by atoms with Gasteiger partial charge in [-0.05, 0) is 30.7 Å². The smallest absolute Gasteiger partial charge is 0.162 e. The van der Waals surface area contributed by atoms with Crippen molar-refractivity contribution < 1.29 is 14.2 Å². The minimum Gasteiger partial charge on any atom is -0.504 e. The molecule has 4 heteroatoms. The van der Waals surface area contributed by atoms with E-state index in [0.29, 0.717) is 12.3 Å². The van der Waals surface area contributed by atoms with Crippen molar-refractivity contribution in [3.63, 3.8) is 0 Å². The largest absolute Gasteiger partial charge is 0.504 e. The fourth-order valence-corrected chi connectivity index (χ4v) is 2.03. The maximum atomic E-state index is 13.2. The molecule has 0 aliphatic rings. The average Bonchev–Trinajstić information content (AvgIpc) is 2.46. The Hall–Kier alpha value is -2.07. The number of nitrogens with one attached hydrogen (secondary N) is 1. The van der Waals surface area contributed by atoms with Crippen LogP contribution in [0.2, 0.25) is 0 Å². The van der Waals surface area contributed by atoms with Crippen molar-refractivity contribution in [3.8, 4) is 11.5 Å². The van der Waals surface area contributed by atoms with Crippen LogP contribution in [0, 0.1) is 5.82 Å². The van der Waals surface area contributed by atoms with Crippen LogP contribution in [0.25, 0.3) is 0 Å². The Morgan fingerprint density at radius 3 is 2.70 bits per heavy atom. The molecular formula is C16H18FNO2. The first kappa shape index (κ1) is 14.3. The SMILES string of the molecule is COc1cccc(CN[C@H](C)c2cccc(F)c2)c1O. The maximum Gasteiger partial charge on any atom is 0.162 e. The number of methoxy groups -OCH3 is 1. The van der Waals surface area contributed by atoms with Crippen LogP contribution < -0.4 is 10.1 Å². The number of phenols is 1. The van der Waals surface area contributed by atoms with Crippen LogP contribution in [-0.2, 0) is 6.54 Å². The molecule has 0 bridgehead atoms. The second-order valence-electron chi connectivity index (χ2n) is 4.63. The van der Waals surface area contributed by atoms with Crippen LogP contribution in [-0.4, -0.2) is 12.2 Å². The second kappa shape index (κ2) is 6.39. The summed E-state index contributed by atoms with van der Waals surface area (Å²) in [7, 11) is 1.52. The highest BCUT2D eigenvalue weighted by Crippen LogP contribution is 2.29. The third-order valence-electron chi connectivity index (χ3n) is 3.25. The van der Waals surface area contributed by atoms with E-state index in [1.54, 1.807) is 12.1 Å². The summed E-state index contributed by atoms with van der Waals surface area (Å²) in [4.78, 5) is 0. The van der Waals surface area contributed by atoms with E-state index in [0.717, 1.165) is 11.1 Å². The zero-order valence-corrected chi connectivity index (χ0v) is 11.6. The monoisotopic (exact) mass is 275 g/mol. The van der Waals surface area contributed by atoms with Gasteiger partial charge in [-0.1, -0.05) is 24.3 Å². The lowest BCUT2D eigenvalue weighted by atomic mass is 10.1. The number of phenolic OH excluding ortho intramolecular Hbond substituents is 1. The van der Waals surface area contributed by atoms with Gasteiger partial charge in [0, 0.05) is 18.2 Å². The normalized spacial score (nSPS) is 12.2. The second-order valence-corrected chi connectivity index (χ2v) is 4.63. The molecule has 0 saturated heterocycles. The van der Waals surface area contributed by atoms with Gasteiger partial charge in [-0.2, -0.15) is 0 Å². The summed E-state index contributed by atoms with van der Waals surface area (Å²) in [5.74, 6) is 0.331. The van der Waals surface area contributed by atoms with E-state index in [-0.39, 0.29) is 17.6 Å². The highest BCUT2D eigenvalue weighted by molar-refractivity contribution is 5.45. The van der Waals surface area contributed by atoms with Crippen molar-refractivity contribution >= 4 is 0 Å². The highest BCUT2D eigenvalue weighted by Gasteiger charge is 2.10. The lowest BCUT2D eigenvalue weighted by Crippen LogP contribution is -2.18. The average molecular weight is 275 g/mol. The predicted octanol–water partition coefficient (Wildman–Crippen LogP) is 3.39. The van der Waals surface area contributed by atoms with E-state index in [2.05, 4.69) is 5.32 Å². The van der Waals surface area contributed by atoms with Crippen LogP contribution in [0.4, 0.5) is 4.39 Å². The van der Waals surface area contributed by atoms with Gasteiger partial charge in [0.05, 0.1) is 7.11 Å². The van der Waals surface area contributed by atoms with Crippen molar-refractivity contribution in [3.05, 3.63) is 59.4 Å². The van der Waals surface area contributed by atoms with Crippen molar-refractivity contribution in [1.29, 1.82) is 0 Å². The molecule has 0 amide bonds. The van der Waals surface area contributed by atoms with Gasteiger partial charge in [0.1, 0.15) is 5.82 Å². The first-order valence-electron chi connectivity index (χ1n) is 6.45. The number of para-hydroxylation sites is 1. The standard InChI is InChI=1S/C16H18FNO2/c1-11(12-5-3-7-14(17)9-12)18-10-13-6-4-8-15(20-2)16(13)19/h3-9,11,18-19H,10H2,1-2H3/t11-/m1/s1. The van der Waals surface area contributed by atoms with Crippen molar-refractivity contribution in [1.82, 2.24) is 5.32 Å². The van der Waals surface area contributed by atoms with Crippen LogP contribution in [0.1, 0.15) is 24.1 Å². The molecule has 0 heterocycles. The summed E-state index contributed by atoms with van der Waals surface area (Å²) in [5, 5.41) is 13.2. The Kier molecular flexibility index (Phi) is 4.58. The summed E-state index contributed by atoms with van der Waals surface area (Å²) < 4.78 is 18.2. The lowest BCUT2D eigenvalue weighted by molar-refractivity contribution is 0.369. The summed E-state index contributed by atoms with van der Waals surface area (Å²) in [5.41, 5.74) is 1.61. The summed E-state index contributed by atoms with van der Waals surface area (Å²) in [6, 6.07) is 11.8. The first-order valence-corrected chi connectivity index (χ1v) is 6.45. The van der Waals surface area contributed by atoms with Crippen LogP contribution in [0.15, 0.2) is 42.5 Å². The third-order valence-corrected chi connectivity index (χ3v) is 3.25. The van der Waals surface area contributed by atoms with Crippen LogP contribution in [0.3, 0.4) is 0 Å². The van der Waals surface area contributed by atoms with E-state index in [1.165, 1.54) is 19.2 Å². The van der Waals surface area contributed by atoms with E-state index in [4.69, 9.17) is 4.74 Å². The fourth-order valence-electron chi connectivity index (χ4n) is 2.03. The van der Waals surface area contributed by atoms with Gasteiger partial charge >= 0.3 is 0 Å². The zero-order chi connectivity index (χ0) is 14.5. The highest BCUT2D eigenvalue weighted by atomic mass is 19.1. The van der Waals surface area contributed by atoms with Crippen LogP contribution in [0.5, 0.6) is 11.5 Å². The molecule has 0 unspecified atom stereocenters. The van der Waals surface area contributed by atoms with Gasteiger partial charge in [0.15, 0.2) is 11.5 Å². The molecule has 0 aromatic heterocycles. The number of benzene rings is 2. The van der Waals surface area contributed by atoms with Gasteiger partial charge in [-0.3, -0.25) is 0 Å². The molecule has 0 aliphatic heterocycles. The summed E-state index contributed by atoms with van der Waals surface area (Å²) >= 11 is 0. The maximum absolute atomic E-state index is 13.2. The number of aromatic hydroxyl groups is 1. The molecule has 2 aromatic rings. The minimum atomic E-state index is -0.250. The molecule has 0 aliphatic carbocycles. The minimum absolute atomic E-state index is 0.0173. The Morgan fingerprint density at radius 2 is 2.00 bits per heavy atom. The number of halogens is 1. The Morgan fingerprint density at radius 1 is 1.25 bits per heavy atom. The van der Waals surface area contributed by atoms with Crippen molar-refractivity contribution in [2.24, 2.45) is 0 Å². The van der Waals surface area contributed by atoms with Gasteiger partial charge < -0.3 is 15.2 Å². The number of rotatable bonds is 5. The van der Waals surface area contributed by atoms with Gasteiger partial charge in [0.25, 0.3) is 0 Å². The Bertz CT molecular complexity index is 586. The molecule has 0 spiro atoms. The van der Waals surface area contributed by atoms with E-state index in [9.17, 15) is 9.50 Å². The zero-order valence-electron chi connectivity index (χ0n) is 11.6. The van der Waals surface area contributed by atoms with E-state index >= 15 is 0 Å². The molecular weight excluding hydrogens is 257 g/mol. The summed E-state index contributed by atoms with van der Waals surface area (Å²) in [6.45, 7) is 2.42. The van der Waals surface area contributed by atoms with E-state index < -0.39 is 0 Å². The molecule has 20 heavy (non-hydrogen) atoms. The number of hydrogen-bond acceptors (Lipinski definition) is 3.